The zero-order chi connectivity index (χ0) is 34.7. The first kappa shape index (κ1) is 37.9. The van der Waals surface area contributed by atoms with Crippen LogP contribution in [0, 0.1) is 0 Å². The second kappa shape index (κ2) is 17.5. The molecule has 0 fully saturated rings. The van der Waals surface area contributed by atoms with Gasteiger partial charge >= 0.3 is 11.9 Å². The number of benzene rings is 4. The standard InChI is InChI=1S/C16H16BrNO5S2.C15H14BrNO4S/c1-22-16(19)12-9-15(23-11-7-5-4-6-8-11)13(17)10-14(12)18(24-2)25(3,20)21;1-20-15(18)11-8-14(21-10-6-4-3-5-7-10)12(16)9-13(11)17-22(2)19/h4-10H,1-3H3;3-9,17H,1-2H3. The number of ether oxygens (including phenoxy) is 4. The van der Waals surface area contributed by atoms with E-state index >= 15 is 0 Å². The van der Waals surface area contributed by atoms with Gasteiger partial charge in [-0.1, -0.05) is 36.4 Å². The van der Waals surface area contributed by atoms with Crippen LogP contribution in [-0.2, 0) is 30.5 Å². The van der Waals surface area contributed by atoms with E-state index in [1.807, 2.05) is 36.4 Å². The molecule has 16 heteroatoms. The number of carbonyl (C=O) groups is 2. The van der Waals surface area contributed by atoms with Crippen LogP contribution in [-0.4, -0.2) is 57.6 Å². The van der Waals surface area contributed by atoms with Crippen LogP contribution in [0.4, 0.5) is 11.4 Å². The fourth-order valence-corrected chi connectivity index (χ4v) is 7.09. The van der Waals surface area contributed by atoms with E-state index in [0.717, 1.165) is 21.9 Å². The fourth-order valence-electron chi connectivity index (χ4n) is 3.84. The number of rotatable bonds is 11. The van der Waals surface area contributed by atoms with Crippen LogP contribution in [0.25, 0.3) is 0 Å². The highest BCUT2D eigenvalue weighted by Gasteiger charge is 2.26. The molecule has 0 aliphatic heterocycles. The number of anilines is 2. The van der Waals surface area contributed by atoms with Crippen molar-refractivity contribution in [3.63, 3.8) is 0 Å². The maximum Gasteiger partial charge on any atom is 0.340 e. The van der Waals surface area contributed by atoms with Gasteiger partial charge in [-0.05, 0) is 92.3 Å². The summed E-state index contributed by atoms with van der Waals surface area (Å²) in [6.07, 6.45) is 4.14. The monoisotopic (exact) mass is 828 g/mol. The molecule has 4 rings (SSSR count). The van der Waals surface area contributed by atoms with Gasteiger partial charge in [0.1, 0.15) is 34.0 Å². The molecule has 4 aromatic carbocycles. The van der Waals surface area contributed by atoms with Crippen molar-refractivity contribution in [2.75, 3.05) is 41.4 Å². The van der Waals surface area contributed by atoms with Gasteiger partial charge in [-0.15, -0.1) is 0 Å². The number of para-hydroxylation sites is 2. The molecule has 0 amide bonds. The smallest absolute Gasteiger partial charge is 0.340 e. The highest BCUT2D eigenvalue weighted by molar-refractivity contribution is 9.11. The van der Waals surface area contributed by atoms with E-state index < -0.39 is 32.9 Å². The van der Waals surface area contributed by atoms with Crippen molar-refractivity contribution < 1.29 is 41.2 Å². The summed E-state index contributed by atoms with van der Waals surface area (Å²) in [6, 6.07) is 24.3. The van der Waals surface area contributed by atoms with Crippen molar-refractivity contribution in [2.45, 2.75) is 0 Å². The van der Waals surface area contributed by atoms with E-state index in [1.165, 1.54) is 38.7 Å². The van der Waals surface area contributed by atoms with Gasteiger partial charge < -0.3 is 23.7 Å². The Labute approximate surface area is 297 Å². The van der Waals surface area contributed by atoms with Gasteiger partial charge in [0, 0.05) is 12.5 Å². The van der Waals surface area contributed by atoms with Crippen LogP contribution >= 0.6 is 43.8 Å². The summed E-state index contributed by atoms with van der Waals surface area (Å²) in [6.45, 7) is 0. The molecule has 0 bridgehead atoms. The first-order valence-corrected chi connectivity index (χ1v) is 19.4. The number of carbonyl (C=O) groups excluding carboxylic acids is 2. The van der Waals surface area contributed by atoms with Crippen molar-refractivity contribution in [1.29, 1.82) is 0 Å². The first-order valence-electron chi connectivity index (χ1n) is 13.2. The molecule has 1 N–H and O–H groups in total. The van der Waals surface area contributed by atoms with Crippen LogP contribution < -0.4 is 17.9 Å². The zero-order valence-corrected chi connectivity index (χ0v) is 31.3. The van der Waals surface area contributed by atoms with Crippen LogP contribution in [0.2, 0.25) is 0 Å². The molecule has 0 heterocycles. The lowest BCUT2D eigenvalue weighted by molar-refractivity contribution is 0.0592. The molecule has 0 saturated carbocycles. The molecule has 0 aliphatic carbocycles. The van der Waals surface area contributed by atoms with Crippen LogP contribution in [0.15, 0.2) is 93.9 Å². The van der Waals surface area contributed by atoms with Crippen molar-refractivity contribution in [3.8, 4) is 23.0 Å². The minimum Gasteiger partial charge on any atom is -0.465 e. The Morgan fingerprint density at radius 2 is 1.23 bits per heavy atom. The van der Waals surface area contributed by atoms with Crippen LogP contribution in [0.3, 0.4) is 0 Å². The predicted molar refractivity (Wildman–Crippen MR) is 193 cm³/mol. The normalized spacial score (nSPS) is 11.3. The summed E-state index contributed by atoms with van der Waals surface area (Å²) in [5.41, 5.74) is 0.914. The van der Waals surface area contributed by atoms with E-state index in [0.29, 0.717) is 37.6 Å². The minimum absolute atomic E-state index is 0.0800. The molecule has 1 atom stereocenters. The molecule has 0 radical (unpaired) electrons. The number of halogens is 2. The highest BCUT2D eigenvalue weighted by Crippen LogP contribution is 2.39. The summed E-state index contributed by atoms with van der Waals surface area (Å²) >= 11 is 7.72. The molecule has 0 aromatic heterocycles. The topological polar surface area (TPSA) is 138 Å². The summed E-state index contributed by atoms with van der Waals surface area (Å²) in [5.74, 6) is 0.834. The van der Waals surface area contributed by atoms with Crippen molar-refractivity contribution >= 4 is 88.1 Å². The Morgan fingerprint density at radius 3 is 1.66 bits per heavy atom. The Hall–Kier alpha value is -3.57. The van der Waals surface area contributed by atoms with E-state index in [-0.39, 0.29) is 16.8 Å². The van der Waals surface area contributed by atoms with E-state index in [2.05, 4.69) is 36.6 Å². The van der Waals surface area contributed by atoms with Gasteiger partial charge in [-0.3, -0.25) is 0 Å². The number of nitrogens with one attached hydrogen (secondary N) is 1. The van der Waals surface area contributed by atoms with Gasteiger partial charge in [0.15, 0.2) is 0 Å². The van der Waals surface area contributed by atoms with Gasteiger partial charge in [0.05, 0.1) is 51.9 Å². The van der Waals surface area contributed by atoms with Gasteiger partial charge in [0.2, 0.25) is 10.0 Å². The third-order valence-electron chi connectivity index (χ3n) is 5.79. The second-order valence-electron chi connectivity index (χ2n) is 9.17. The fraction of sp³-hybridized carbons (Fsp3) is 0.161. The lowest BCUT2D eigenvalue weighted by atomic mass is 10.1. The molecule has 1 unspecified atom stereocenters. The van der Waals surface area contributed by atoms with Gasteiger partial charge in [0.25, 0.3) is 0 Å². The van der Waals surface area contributed by atoms with Crippen molar-refractivity contribution in [3.05, 3.63) is 105 Å². The van der Waals surface area contributed by atoms with E-state index in [9.17, 15) is 22.2 Å². The van der Waals surface area contributed by atoms with Crippen molar-refractivity contribution in [1.82, 2.24) is 0 Å². The summed E-state index contributed by atoms with van der Waals surface area (Å²) in [7, 11) is -2.39. The lowest BCUT2D eigenvalue weighted by Crippen LogP contribution is -2.24. The average Bonchev–Trinajstić information content (AvgIpc) is 3.03. The van der Waals surface area contributed by atoms with Gasteiger partial charge in [-0.25, -0.2) is 25.9 Å². The molecule has 0 spiro atoms. The summed E-state index contributed by atoms with van der Waals surface area (Å²) in [5, 5.41) is 0. The first-order chi connectivity index (χ1) is 22.3. The number of sulfonamides is 1. The quantitative estimate of drug-likeness (QED) is 0.118. The van der Waals surface area contributed by atoms with E-state index in [1.54, 1.807) is 36.6 Å². The number of hydrogen-bond donors (Lipinski definition) is 1. The Morgan fingerprint density at radius 1 is 0.787 bits per heavy atom. The van der Waals surface area contributed by atoms with Crippen LogP contribution in [0.5, 0.6) is 23.0 Å². The summed E-state index contributed by atoms with van der Waals surface area (Å²) in [4.78, 5) is 24.1. The molecular weight excluding hydrogens is 800 g/mol. The molecular formula is C31H30Br2N2O9S3. The van der Waals surface area contributed by atoms with Crippen LogP contribution in [0.1, 0.15) is 20.7 Å². The lowest BCUT2D eigenvalue weighted by Gasteiger charge is -2.22. The SMILES string of the molecule is COC(=O)c1cc(Oc2ccccc2)c(Br)cc1N(SC)S(C)(=O)=O.COC(=O)c1cc(Oc2ccccc2)c(Br)cc1NS(C)=O. The third-order valence-corrected chi connectivity index (χ3v) is 10.1. The highest BCUT2D eigenvalue weighted by atomic mass is 79.9. The largest absolute Gasteiger partial charge is 0.465 e. The Kier molecular flexibility index (Phi) is 14.1. The molecule has 11 nitrogen and oxygen atoms in total. The second-order valence-corrected chi connectivity index (χ2v) is 14.8. The molecule has 4 aromatic rings. The molecule has 47 heavy (non-hydrogen) atoms. The number of methoxy groups -OCH3 is 2. The molecule has 250 valence electrons. The molecule has 0 saturated heterocycles. The number of nitrogens with zero attached hydrogens (tertiary/aromatic N) is 1. The van der Waals surface area contributed by atoms with Crippen molar-refractivity contribution in [2.24, 2.45) is 0 Å². The predicted octanol–water partition coefficient (Wildman–Crippen LogP) is 7.81. The minimum atomic E-state index is -3.59. The Balaban J connectivity index is 0.000000257. The zero-order valence-electron chi connectivity index (χ0n) is 25.7. The van der Waals surface area contributed by atoms with Gasteiger partial charge in [-0.2, -0.15) is 0 Å². The number of hydrogen-bond acceptors (Lipinski definition) is 10. The summed E-state index contributed by atoms with van der Waals surface area (Å²) < 4.78 is 61.3. The van der Waals surface area contributed by atoms with E-state index in [4.69, 9.17) is 18.9 Å². The third kappa shape index (κ3) is 10.7. The Bertz CT molecular complexity index is 1850. The maximum atomic E-state index is 12.2. The maximum absolute atomic E-state index is 12.2. The number of esters is 2. The average molecular weight is 831 g/mol. The molecule has 0 aliphatic rings.